The van der Waals surface area contributed by atoms with Crippen LogP contribution < -0.4 is 15.4 Å². The molecule has 100 valence electrons. The molecule has 1 aliphatic rings. The Morgan fingerprint density at radius 2 is 2.28 bits per heavy atom. The maximum Gasteiger partial charge on any atom is 0.123 e. The lowest BCUT2D eigenvalue weighted by molar-refractivity contribution is 0.193. The first-order chi connectivity index (χ1) is 8.70. The van der Waals surface area contributed by atoms with E-state index in [0.717, 1.165) is 49.8 Å². The summed E-state index contributed by atoms with van der Waals surface area (Å²) >= 11 is 0. The van der Waals surface area contributed by atoms with Crippen molar-refractivity contribution in [1.29, 1.82) is 0 Å². The lowest BCUT2D eigenvalue weighted by atomic mass is 10.2. The van der Waals surface area contributed by atoms with Crippen molar-refractivity contribution in [3.63, 3.8) is 0 Å². The minimum atomic E-state index is 0.436. The fraction of sp³-hybridized carbons (Fsp3) is 0.571. The number of nitrogens with zero attached hydrogens (tertiary/aromatic N) is 1. The standard InChI is InChI=1S/C14H22N2O2/c1-3-5-18-14-8-11(15)7-13(9-14)16(2)12-4-6-17-10-12/h7-9,12H,3-6,10,15H2,1-2H3. The van der Waals surface area contributed by atoms with Crippen molar-refractivity contribution >= 4 is 11.4 Å². The molecule has 4 nitrogen and oxygen atoms in total. The molecule has 0 spiro atoms. The number of anilines is 2. The van der Waals surface area contributed by atoms with Crippen molar-refractivity contribution in [3.05, 3.63) is 18.2 Å². The van der Waals surface area contributed by atoms with Crippen molar-refractivity contribution < 1.29 is 9.47 Å². The van der Waals surface area contributed by atoms with E-state index in [4.69, 9.17) is 15.2 Å². The van der Waals surface area contributed by atoms with Gasteiger partial charge in [-0.15, -0.1) is 0 Å². The molecule has 2 rings (SSSR count). The van der Waals surface area contributed by atoms with Crippen LogP contribution in [0.2, 0.25) is 0 Å². The second-order valence-corrected chi connectivity index (χ2v) is 4.74. The van der Waals surface area contributed by atoms with Crippen LogP contribution in [0.15, 0.2) is 18.2 Å². The summed E-state index contributed by atoms with van der Waals surface area (Å²) in [6, 6.07) is 6.34. The van der Waals surface area contributed by atoms with Crippen molar-refractivity contribution in [2.45, 2.75) is 25.8 Å². The molecule has 0 amide bonds. The van der Waals surface area contributed by atoms with Gasteiger partial charge < -0.3 is 20.1 Å². The average molecular weight is 250 g/mol. The number of hydrogen-bond acceptors (Lipinski definition) is 4. The Morgan fingerprint density at radius 1 is 1.44 bits per heavy atom. The molecule has 0 aromatic heterocycles. The minimum Gasteiger partial charge on any atom is -0.493 e. The number of ether oxygens (including phenoxy) is 2. The molecule has 1 saturated heterocycles. The van der Waals surface area contributed by atoms with Gasteiger partial charge in [0.1, 0.15) is 5.75 Å². The highest BCUT2D eigenvalue weighted by atomic mass is 16.5. The number of likely N-dealkylation sites (N-methyl/N-ethyl adjacent to an activating group) is 1. The van der Waals surface area contributed by atoms with Gasteiger partial charge in [-0.25, -0.2) is 0 Å². The molecule has 1 unspecified atom stereocenters. The Kier molecular flexibility index (Phi) is 4.31. The SMILES string of the molecule is CCCOc1cc(N)cc(N(C)C2CCOC2)c1. The van der Waals surface area contributed by atoms with Crippen LogP contribution in [0.1, 0.15) is 19.8 Å². The number of nitrogens with two attached hydrogens (primary N) is 1. The predicted octanol–water partition coefficient (Wildman–Crippen LogP) is 2.28. The topological polar surface area (TPSA) is 47.7 Å². The van der Waals surface area contributed by atoms with Gasteiger partial charge in [-0.05, 0) is 18.9 Å². The Morgan fingerprint density at radius 3 is 2.94 bits per heavy atom. The highest BCUT2D eigenvalue weighted by Crippen LogP contribution is 2.27. The third kappa shape index (κ3) is 3.07. The summed E-state index contributed by atoms with van der Waals surface area (Å²) in [5.74, 6) is 0.845. The van der Waals surface area contributed by atoms with Gasteiger partial charge in [-0.1, -0.05) is 6.92 Å². The van der Waals surface area contributed by atoms with Crippen LogP contribution in [0.25, 0.3) is 0 Å². The third-order valence-corrected chi connectivity index (χ3v) is 3.25. The summed E-state index contributed by atoms with van der Waals surface area (Å²) in [5, 5.41) is 0. The molecule has 4 heteroatoms. The summed E-state index contributed by atoms with van der Waals surface area (Å²) in [7, 11) is 2.08. The van der Waals surface area contributed by atoms with E-state index in [9.17, 15) is 0 Å². The first kappa shape index (κ1) is 13.0. The first-order valence-electron chi connectivity index (χ1n) is 6.54. The van der Waals surface area contributed by atoms with E-state index in [0.29, 0.717) is 6.04 Å². The predicted molar refractivity (Wildman–Crippen MR) is 74.3 cm³/mol. The Balaban J connectivity index is 2.13. The maximum absolute atomic E-state index is 5.93. The van der Waals surface area contributed by atoms with Gasteiger partial charge in [-0.2, -0.15) is 0 Å². The smallest absolute Gasteiger partial charge is 0.123 e. The van der Waals surface area contributed by atoms with Gasteiger partial charge in [0.2, 0.25) is 0 Å². The van der Waals surface area contributed by atoms with Crippen molar-refractivity contribution in [3.8, 4) is 5.75 Å². The number of benzene rings is 1. The number of rotatable bonds is 5. The molecular weight excluding hydrogens is 228 g/mol. The van der Waals surface area contributed by atoms with Crippen LogP contribution in [0, 0.1) is 0 Å². The minimum absolute atomic E-state index is 0.436. The van der Waals surface area contributed by atoms with Crippen LogP contribution in [0.5, 0.6) is 5.75 Å². The van der Waals surface area contributed by atoms with E-state index in [1.54, 1.807) is 0 Å². The lowest BCUT2D eigenvalue weighted by Crippen LogP contribution is -2.31. The summed E-state index contributed by atoms with van der Waals surface area (Å²) in [6.45, 7) is 4.45. The second kappa shape index (κ2) is 5.96. The molecule has 0 bridgehead atoms. The number of nitrogen functional groups attached to an aromatic ring is 1. The van der Waals surface area contributed by atoms with Gasteiger partial charge in [0.15, 0.2) is 0 Å². The zero-order chi connectivity index (χ0) is 13.0. The molecule has 1 aromatic rings. The first-order valence-corrected chi connectivity index (χ1v) is 6.54. The van der Waals surface area contributed by atoms with Crippen LogP contribution in [0.3, 0.4) is 0 Å². The third-order valence-electron chi connectivity index (χ3n) is 3.25. The fourth-order valence-electron chi connectivity index (χ4n) is 2.15. The Labute approximate surface area is 109 Å². The monoisotopic (exact) mass is 250 g/mol. The summed E-state index contributed by atoms with van der Waals surface area (Å²) in [5.41, 5.74) is 7.76. The Bertz CT molecular complexity index is 389. The largest absolute Gasteiger partial charge is 0.493 e. The molecule has 0 aliphatic carbocycles. The highest BCUT2D eigenvalue weighted by Gasteiger charge is 2.21. The molecule has 1 atom stereocenters. The lowest BCUT2D eigenvalue weighted by Gasteiger charge is -2.26. The van der Waals surface area contributed by atoms with Gasteiger partial charge in [-0.3, -0.25) is 0 Å². The van der Waals surface area contributed by atoms with Crippen LogP contribution >= 0.6 is 0 Å². The second-order valence-electron chi connectivity index (χ2n) is 4.74. The van der Waals surface area contributed by atoms with Gasteiger partial charge in [0, 0.05) is 37.2 Å². The van der Waals surface area contributed by atoms with E-state index >= 15 is 0 Å². The molecular formula is C14H22N2O2. The van der Waals surface area contributed by atoms with Crippen molar-refractivity contribution in [2.24, 2.45) is 0 Å². The molecule has 1 heterocycles. The zero-order valence-electron chi connectivity index (χ0n) is 11.2. The van der Waals surface area contributed by atoms with Gasteiger partial charge in [0.25, 0.3) is 0 Å². The van der Waals surface area contributed by atoms with Crippen LogP contribution in [-0.2, 0) is 4.74 Å². The average Bonchev–Trinajstić information content (AvgIpc) is 2.88. The molecule has 1 aromatic carbocycles. The van der Waals surface area contributed by atoms with E-state index < -0.39 is 0 Å². The summed E-state index contributed by atoms with van der Waals surface area (Å²) < 4.78 is 11.1. The zero-order valence-corrected chi connectivity index (χ0v) is 11.2. The molecule has 1 fully saturated rings. The maximum atomic E-state index is 5.93. The molecule has 0 saturated carbocycles. The molecule has 18 heavy (non-hydrogen) atoms. The van der Waals surface area contributed by atoms with Crippen molar-refractivity contribution in [2.75, 3.05) is 37.5 Å². The highest BCUT2D eigenvalue weighted by molar-refractivity contribution is 5.60. The molecule has 0 radical (unpaired) electrons. The van der Waals surface area contributed by atoms with Crippen LogP contribution in [-0.4, -0.2) is 32.9 Å². The summed E-state index contributed by atoms with van der Waals surface area (Å²) in [6.07, 6.45) is 2.06. The normalized spacial score (nSPS) is 18.9. The number of hydrogen-bond donors (Lipinski definition) is 1. The van der Waals surface area contributed by atoms with Crippen LogP contribution in [0.4, 0.5) is 11.4 Å². The summed E-state index contributed by atoms with van der Waals surface area (Å²) in [4.78, 5) is 2.22. The Hall–Kier alpha value is -1.42. The van der Waals surface area contributed by atoms with Crippen molar-refractivity contribution in [1.82, 2.24) is 0 Å². The quantitative estimate of drug-likeness (QED) is 0.814. The van der Waals surface area contributed by atoms with E-state index in [2.05, 4.69) is 18.9 Å². The van der Waals surface area contributed by atoms with E-state index in [1.165, 1.54) is 0 Å². The molecule has 1 aliphatic heterocycles. The van der Waals surface area contributed by atoms with Gasteiger partial charge >= 0.3 is 0 Å². The van der Waals surface area contributed by atoms with E-state index in [-0.39, 0.29) is 0 Å². The molecule has 2 N–H and O–H groups in total. The van der Waals surface area contributed by atoms with Gasteiger partial charge in [0.05, 0.1) is 19.3 Å². The van der Waals surface area contributed by atoms with E-state index in [1.807, 2.05) is 18.2 Å². The fourth-order valence-corrected chi connectivity index (χ4v) is 2.15.